The number of rotatable bonds is 5. The van der Waals surface area contributed by atoms with Gasteiger partial charge in [-0.3, -0.25) is 4.79 Å². The lowest BCUT2D eigenvalue weighted by Gasteiger charge is -2.16. The standard InChI is InChI=1S/C13H16F3NO2/c1-9(7-12(18)19-2)17-8-10-5-3-4-6-11(10)13(14,15)16/h3-6,9,17H,7-8H2,1-2H3. The van der Waals surface area contributed by atoms with Crippen LogP contribution in [0, 0.1) is 0 Å². The van der Waals surface area contributed by atoms with Crippen LogP contribution in [0.15, 0.2) is 24.3 Å². The molecule has 0 radical (unpaired) electrons. The number of nitrogens with one attached hydrogen (secondary N) is 1. The third-order valence-electron chi connectivity index (χ3n) is 2.66. The Bertz CT molecular complexity index is 432. The van der Waals surface area contributed by atoms with Crippen LogP contribution in [0.5, 0.6) is 0 Å². The van der Waals surface area contributed by atoms with Crippen molar-refractivity contribution >= 4 is 5.97 Å². The first-order chi connectivity index (χ1) is 8.84. The normalized spacial score (nSPS) is 13.1. The van der Waals surface area contributed by atoms with E-state index in [1.54, 1.807) is 13.0 Å². The highest BCUT2D eigenvalue weighted by atomic mass is 19.4. The maximum Gasteiger partial charge on any atom is 0.416 e. The lowest BCUT2D eigenvalue weighted by atomic mass is 10.1. The van der Waals surface area contributed by atoms with E-state index in [2.05, 4.69) is 10.1 Å². The monoisotopic (exact) mass is 275 g/mol. The largest absolute Gasteiger partial charge is 0.469 e. The van der Waals surface area contributed by atoms with Crippen molar-refractivity contribution in [2.75, 3.05) is 7.11 Å². The second-order valence-corrected chi connectivity index (χ2v) is 4.22. The average molecular weight is 275 g/mol. The van der Waals surface area contributed by atoms with Gasteiger partial charge in [0.05, 0.1) is 19.1 Å². The summed E-state index contributed by atoms with van der Waals surface area (Å²) in [7, 11) is 1.27. The Labute approximate surface area is 109 Å². The fourth-order valence-corrected chi connectivity index (χ4v) is 1.64. The number of alkyl halides is 3. The summed E-state index contributed by atoms with van der Waals surface area (Å²) < 4.78 is 42.7. The Morgan fingerprint density at radius 3 is 2.58 bits per heavy atom. The van der Waals surface area contributed by atoms with Crippen LogP contribution in [-0.4, -0.2) is 19.1 Å². The van der Waals surface area contributed by atoms with Gasteiger partial charge in [0, 0.05) is 12.6 Å². The smallest absolute Gasteiger partial charge is 0.416 e. The Kier molecular flexibility index (Phi) is 5.35. The summed E-state index contributed by atoms with van der Waals surface area (Å²) in [6.07, 6.45) is -4.26. The first-order valence-corrected chi connectivity index (χ1v) is 5.80. The van der Waals surface area contributed by atoms with Gasteiger partial charge in [0.25, 0.3) is 0 Å². The van der Waals surface area contributed by atoms with Crippen molar-refractivity contribution < 1.29 is 22.7 Å². The van der Waals surface area contributed by atoms with Gasteiger partial charge in [-0.1, -0.05) is 18.2 Å². The molecule has 1 atom stereocenters. The molecule has 0 aliphatic carbocycles. The number of hydrogen-bond donors (Lipinski definition) is 1. The van der Waals surface area contributed by atoms with E-state index in [-0.39, 0.29) is 24.6 Å². The van der Waals surface area contributed by atoms with E-state index in [0.717, 1.165) is 6.07 Å². The molecule has 1 aromatic carbocycles. The first kappa shape index (κ1) is 15.5. The quantitative estimate of drug-likeness (QED) is 0.840. The minimum absolute atomic E-state index is 0.0494. The molecule has 0 aliphatic heterocycles. The van der Waals surface area contributed by atoms with Gasteiger partial charge in [0.15, 0.2) is 0 Å². The average Bonchev–Trinajstić information content (AvgIpc) is 2.35. The van der Waals surface area contributed by atoms with E-state index in [4.69, 9.17) is 0 Å². The molecule has 19 heavy (non-hydrogen) atoms. The summed E-state index contributed by atoms with van der Waals surface area (Å²) >= 11 is 0. The highest BCUT2D eigenvalue weighted by Crippen LogP contribution is 2.31. The Morgan fingerprint density at radius 1 is 1.37 bits per heavy atom. The van der Waals surface area contributed by atoms with Crippen LogP contribution >= 0.6 is 0 Å². The van der Waals surface area contributed by atoms with Gasteiger partial charge in [-0.2, -0.15) is 13.2 Å². The first-order valence-electron chi connectivity index (χ1n) is 5.80. The Morgan fingerprint density at radius 2 is 2.00 bits per heavy atom. The van der Waals surface area contributed by atoms with E-state index in [1.165, 1.54) is 19.2 Å². The van der Waals surface area contributed by atoms with E-state index < -0.39 is 17.7 Å². The highest BCUT2D eigenvalue weighted by molar-refractivity contribution is 5.69. The van der Waals surface area contributed by atoms with Gasteiger partial charge in [-0.15, -0.1) is 0 Å². The third kappa shape index (κ3) is 4.90. The summed E-state index contributed by atoms with van der Waals surface area (Å²) in [6.45, 7) is 1.76. The van der Waals surface area contributed by atoms with Crippen LogP contribution in [-0.2, 0) is 22.3 Å². The fourth-order valence-electron chi connectivity index (χ4n) is 1.64. The predicted molar refractivity (Wildman–Crippen MR) is 64.4 cm³/mol. The van der Waals surface area contributed by atoms with Gasteiger partial charge < -0.3 is 10.1 Å². The SMILES string of the molecule is COC(=O)CC(C)NCc1ccccc1C(F)(F)F. The van der Waals surface area contributed by atoms with Crippen molar-refractivity contribution in [2.24, 2.45) is 0 Å². The van der Waals surface area contributed by atoms with Crippen LogP contribution in [0.3, 0.4) is 0 Å². The zero-order chi connectivity index (χ0) is 14.5. The molecule has 0 amide bonds. The van der Waals surface area contributed by atoms with Crippen LogP contribution in [0.25, 0.3) is 0 Å². The Hall–Kier alpha value is -1.56. The zero-order valence-electron chi connectivity index (χ0n) is 10.8. The predicted octanol–water partition coefficient (Wildman–Crippen LogP) is 2.75. The summed E-state index contributed by atoms with van der Waals surface area (Å²) in [6, 6.07) is 5.11. The van der Waals surface area contributed by atoms with Crippen molar-refractivity contribution in [3.05, 3.63) is 35.4 Å². The van der Waals surface area contributed by atoms with Crippen molar-refractivity contribution in [3.8, 4) is 0 Å². The number of benzene rings is 1. The number of halogens is 3. The maximum absolute atomic E-state index is 12.7. The van der Waals surface area contributed by atoms with Crippen molar-refractivity contribution in [2.45, 2.75) is 32.1 Å². The van der Waals surface area contributed by atoms with Crippen molar-refractivity contribution in [1.29, 1.82) is 0 Å². The zero-order valence-corrected chi connectivity index (χ0v) is 10.8. The van der Waals surface area contributed by atoms with E-state index in [0.29, 0.717) is 0 Å². The topological polar surface area (TPSA) is 38.3 Å². The second kappa shape index (κ2) is 6.56. The molecule has 0 saturated heterocycles. The molecular weight excluding hydrogens is 259 g/mol. The molecule has 0 bridgehead atoms. The highest BCUT2D eigenvalue weighted by Gasteiger charge is 2.32. The lowest BCUT2D eigenvalue weighted by molar-refractivity contribution is -0.141. The molecule has 1 aromatic rings. The molecule has 1 unspecified atom stereocenters. The number of hydrogen-bond acceptors (Lipinski definition) is 3. The van der Waals surface area contributed by atoms with Crippen LogP contribution in [0.2, 0.25) is 0 Å². The minimum Gasteiger partial charge on any atom is -0.469 e. The summed E-state index contributed by atoms with van der Waals surface area (Å²) in [5.74, 6) is -0.399. The molecule has 106 valence electrons. The molecule has 6 heteroatoms. The van der Waals surface area contributed by atoms with Crippen LogP contribution in [0.4, 0.5) is 13.2 Å². The van der Waals surface area contributed by atoms with Gasteiger partial charge in [-0.25, -0.2) is 0 Å². The summed E-state index contributed by atoms with van der Waals surface area (Å²) in [5, 5.41) is 2.88. The molecule has 1 rings (SSSR count). The van der Waals surface area contributed by atoms with Crippen LogP contribution < -0.4 is 5.32 Å². The van der Waals surface area contributed by atoms with Crippen molar-refractivity contribution in [3.63, 3.8) is 0 Å². The Balaban J connectivity index is 2.66. The molecule has 1 N–H and O–H groups in total. The van der Waals surface area contributed by atoms with Gasteiger partial charge in [0.1, 0.15) is 0 Å². The fraction of sp³-hybridized carbons (Fsp3) is 0.462. The number of carbonyl (C=O) groups excluding carboxylic acids is 1. The summed E-state index contributed by atoms with van der Waals surface area (Å²) in [4.78, 5) is 11.0. The second-order valence-electron chi connectivity index (χ2n) is 4.22. The van der Waals surface area contributed by atoms with Gasteiger partial charge in [0.2, 0.25) is 0 Å². The molecule has 0 heterocycles. The minimum atomic E-state index is -4.37. The van der Waals surface area contributed by atoms with Gasteiger partial charge in [-0.05, 0) is 18.6 Å². The molecule has 0 spiro atoms. The number of methoxy groups -OCH3 is 1. The molecule has 3 nitrogen and oxygen atoms in total. The van der Waals surface area contributed by atoms with Gasteiger partial charge >= 0.3 is 12.1 Å². The number of ether oxygens (including phenoxy) is 1. The van der Waals surface area contributed by atoms with Crippen LogP contribution in [0.1, 0.15) is 24.5 Å². The molecule has 0 aliphatic rings. The molecule has 0 fully saturated rings. The molecule has 0 saturated carbocycles. The number of carbonyl (C=O) groups is 1. The van der Waals surface area contributed by atoms with E-state index in [9.17, 15) is 18.0 Å². The number of esters is 1. The molecular formula is C13H16F3NO2. The lowest BCUT2D eigenvalue weighted by Crippen LogP contribution is -2.29. The van der Waals surface area contributed by atoms with E-state index >= 15 is 0 Å². The summed E-state index contributed by atoms with van der Waals surface area (Å²) in [5.41, 5.74) is -0.500. The third-order valence-corrected chi connectivity index (χ3v) is 2.66. The van der Waals surface area contributed by atoms with E-state index in [1.807, 2.05) is 0 Å². The van der Waals surface area contributed by atoms with Crippen molar-refractivity contribution in [1.82, 2.24) is 5.32 Å². The maximum atomic E-state index is 12.7. The molecule has 0 aromatic heterocycles.